The van der Waals surface area contributed by atoms with Gasteiger partial charge >= 0.3 is 0 Å². The van der Waals surface area contributed by atoms with Crippen molar-refractivity contribution in [2.45, 2.75) is 13.0 Å². The van der Waals surface area contributed by atoms with E-state index in [0.29, 0.717) is 0 Å². The van der Waals surface area contributed by atoms with Crippen LogP contribution in [0, 0.1) is 10.1 Å². The number of anilines is 1. The van der Waals surface area contributed by atoms with Crippen molar-refractivity contribution in [3.05, 3.63) is 58.1 Å². The Hall–Kier alpha value is -2.76. The molecule has 0 amide bonds. The molecule has 2 aromatic rings. The maximum absolute atomic E-state index is 10.6. The summed E-state index contributed by atoms with van der Waals surface area (Å²) in [6.45, 7) is 2.24. The van der Waals surface area contributed by atoms with Crippen LogP contribution in [-0.4, -0.2) is 11.7 Å². The first-order valence-electron chi connectivity index (χ1n) is 6.54. The Morgan fingerprint density at radius 1 is 1.14 bits per heavy atom. The van der Waals surface area contributed by atoms with Crippen LogP contribution in [0.3, 0.4) is 0 Å². The predicted octanol–water partition coefficient (Wildman–Crippen LogP) is 3.50. The maximum Gasteiger partial charge on any atom is 0.269 e. The molecule has 1 unspecified atom stereocenters. The highest BCUT2D eigenvalue weighted by Crippen LogP contribution is 2.35. The predicted molar refractivity (Wildman–Crippen MR) is 77.7 cm³/mol. The van der Waals surface area contributed by atoms with E-state index in [1.165, 1.54) is 12.1 Å². The number of fused-ring (bicyclic) bond motifs is 1. The molecule has 1 heterocycles. The number of nitro benzene ring substituents is 1. The number of ether oxygens (including phenoxy) is 2. The smallest absolute Gasteiger partial charge is 0.269 e. The van der Waals surface area contributed by atoms with Crippen LogP contribution in [0.1, 0.15) is 18.5 Å². The van der Waals surface area contributed by atoms with Crippen molar-refractivity contribution < 1.29 is 14.4 Å². The van der Waals surface area contributed by atoms with Crippen LogP contribution >= 0.6 is 0 Å². The maximum atomic E-state index is 10.6. The summed E-state index contributed by atoms with van der Waals surface area (Å²) in [6, 6.07) is 12.2. The summed E-state index contributed by atoms with van der Waals surface area (Å²) in [4.78, 5) is 10.2. The van der Waals surface area contributed by atoms with E-state index in [4.69, 9.17) is 9.47 Å². The zero-order valence-electron chi connectivity index (χ0n) is 11.4. The summed E-state index contributed by atoms with van der Waals surface area (Å²) < 4.78 is 10.6. The molecular formula is C15H14N2O4. The average molecular weight is 286 g/mol. The Kier molecular flexibility index (Phi) is 3.35. The Morgan fingerprint density at radius 3 is 2.57 bits per heavy atom. The summed E-state index contributed by atoms with van der Waals surface area (Å²) in [7, 11) is 0. The fourth-order valence-corrected chi connectivity index (χ4v) is 2.20. The fraction of sp³-hybridized carbons (Fsp3) is 0.200. The van der Waals surface area contributed by atoms with Crippen LogP contribution in [0.15, 0.2) is 42.5 Å². The lowest BCUT2D eigenvalue weighted by molar-refractivity contribution is -0.384. The molecule has 6 nitrogen and oxygen atoms in total. The summed E-state index contributed by atoms with van der Waals surface area (Å²) in [5.74, 6) is 1.46. The minimum Gasteiger partial charge on any atom is -0.454 e. The molecule has 1 aliphatic heterocycles. The fourth-order valence-electron chi connectivity index (χ4n) is 2.20. The van der Waals surface area contributed by atoms with Crippen molar-refractivity contribution in [1.29, 1.82) is 0 Å². The van der Waals surface area contributed by atoms with E-state index in [0.717, 1.165) is 22.7 Å². The third-order valence-corrected chi connectivity index (χ3v) is 3.36. The molecule has 108 valence electrons. The van der Waals surface area contributed by atoms with Gasteiger partial charge in [-0.3, -0.25) is 10.1 Å². The normalized spacial score (nSPS) is 13.8. The third-order valence-electron chi connectivity index (χ3n) is 3.36. The first kappa shape index (κ1) is 13.2. The van der Waals surface area contributed by atoms with Crippen LogP contribution in [0.2, 0.25) is 0 Å². The molecule has 0 spiro atoms. The molecule has 21 heavy (non-hydrogen) atoms. The lowest BCUT2D eigenvalue weighted by Gasteiger charge is -2.15. The third kappa shape index (κ3) is 2.74. The number of benzene rings is 2. The molecule has 1 aliphatic rings. The molecule has 0 fully saturated rings. The Morgan fingerprint density at radius 2 is 1.86 bits per heavy atom. The quantitative estimate of drug-likeness (QED) is 0.688. The molecular weight excluding hydrogens is 272 g/mol. The van der Waals surface area contributed by atoms with E-state index in [2.05, 4.69) is 5.32 Å². The standard InChI is InChI=1S/C15H14N2O4/c1-10(11-2-5-13(6-3-11)17(18)19)16-12-4-7-14-15(8-12)21-9-20-14/h2-8,10,16H,9H2,1H3. The molecule has 0 saturated heterocycles. The van der Waals surface area contributed by atoms with Crippen LogP contribution in [0.5, 0.6) is 11.5 Å². The van der Waals surface area contributed by atoms with E-state index >= 15 is 0 Å². The highest BCUT2D eigenvalue weighted by Gasteiger charge is 2.14. The molecule has 0 aromatic heterocycles. The second-order valence-corrected chi connectivity index (χ2v) is 4.78. The van der Waals surface area contributed by atoms with Crippen molar-refractivity contribution in [3.63, 3.8) is 0 Å². The summed E-state index contributed by atoms with van der Waals surface area (Å²) in [5.41, 5.74) is 1.97. The molecule has 1 N–H and O–H groups in total. The van der Waals surface area contributed by atoms with Gasteiger partial charge in [0.25, 0.3) is 5.69 Å². The van der Waals surface area contributed by atoms with Gasteiger partial charge in [0.1, 0.15) is 0 Å². The number of nitrogens with one attached hydrogen (secondary N) is 1. The van der Waals surface area contributed by atoms with E-state index in [-0.39, 0.29) is 18.5 Å². The van der Waals surface area contributed by atoms with Gasteiger partial charge in [-0.2, -0.15) is 0 Å². The SMILES string of the molecule is CC(Nc1ccc2c(c1)OCO2)c1ccc([N+](=O)[O-])cc1. The molecule has 6 heteroatoms. The van der Waals surface area contributed by atoms with Gasteiger partial charge in [0, 0.05) is 29.9 Å². The number of hydrogen-bond donors (Lipinski definition) is 1. The van der Waals surface area contributed by atoms with Crippen molar-refractivity contribution in [3.8, 4) is 11.5 Å². The zero-order chi connectivity index (χ0) is 14.8. The number of non-ortho nitro benzene ring substituents is 1. The first-order valence-corrected chi connectivity index (χ1v) is 6.54. The van der Waals surface area contributed by atoms with E-state index in [1.54, 1.807) is 12.1 Å². The topological polar surface area (TPSA) is 73.6 Å². The van der Waals surface area contributed by atoms with E-state index in [1.807, 2.05) is 25.1 Å². The Labute approximate surface area is 121 Å². The number of hydrogen-bond acceptors (Lipinski definition) is 5. The lowest BCUT2D eigenvalue weighted by atomic mass is 10.1. The van der Waals surface area contributed by atoms with Gasteiger partial charge in [-0.25, -0.2) is 0 Å². The Balaban J connectivity index is 1.73. The van der Waals surface area contributed by atoms with Gasteiger partial charge in [0.15, 0.2) is 11.5 Å². The van der Waals surface area contributed by atoms with Crippen LogP contribution < -0.4 is 14.8 Å². The second-order valence-electron chi connectivity index (χ2n) is 4.78. The molecule has 1 atom stereocenters. The largest absolute Gasteiger partial charge is 0.454 e. The van der Waals surface area contributed by atoms with Crippen molar-refractivity contribution >= 4 is 11.4 Å². The molecule has 0 saturated carbocycles. The number of nitro groups is 1. The van der Waals surface area contributed by atoms with Gasteiger partial charge in [0.05, 0.1) is 4.92 Å². The monoisotopic (exact) mass is 286 g/mol. The van der Waals surface area contributed by atoms with Crippen LogP contribution in [-0.2, 0) is 0 Å². The first-order chi connectivity index (χ1) is 10.1. The second kappa shape index (κ2) is 5.32. The van der Waals surface area contributed by atoms with Crippen molar-refractivity contribution in [2.24, 2.45) is 0 Å². The average Bonchev–Trinajstić information content (AvgIpc) is 2.95. The van der Waals surface area contributed by atoms with Crippen molar-refractivity contribution in [1.82, 2.24) is 0 Å². The molecule has 3 rings (SSSR count). The minimum atomic E-state index is -0.403. The molecule has 0 radical (unpaired) electrons. The molecule has 2 aromatic carbocycles. The Bertz CT molecular complexity index is 670. The van der Waals surface area contributed by atoms with Crippen LogP contribution in [0.25, 0.3) is 0 Å². The lowest BCUT2D eigenvalue weighted by Crippen LogP contribution is -2.06. The number of rotatable bonds is 4. The molecule has 0 aliphatic carbocycles. The van der Waals surface area contributed by atoms with Gasteiger partial charge in [-0.05, 0) is 24.6 Å². The zero-order valence-corrected chi connectivity index (χ0v) is 11.4. The van der Waals surface area contributed by atoms with Crippen LogP contribution in [0.4, 0.5) is 11.4 Å². The van der Waals surface area contributed by atoms with Gasteiger partial charge in [-0.1, -0.05) is 12.1 Å². The number of nitrogens with zero attached hydrogens (tertiary/aromatic N) is 1. The highest BCUT2D eigenvalue weighted by molar-refractivity contribution is 5.56. The van der Waals surface area contributed by atoms with E-state index < -0.39 is 4.92 Å². The summed E-state index contributed by atoms with van der Waals surface area (Å²) in [6.07, 6.45) is 0. The highest BCUT2D eigenvalue weighted by atomic mass is 16.7. The van der Waals surface area contributed by atoms with Gasteiger partial charge < -0.3 is 14.8 Å². The van der Waals surface area contributed by atoms with Gasteiger partial charge in [-0.15, -0.1) is 0 Å². The van der Waals surface area contributed by atoms with Crippen molar-refractivity contribution in [2.75, 3.05) is 12.1 Å². The van der Waals surface area contributed by atoms with E-state index in [9.17, 15) is 10.1 Å². The summed E-state index contributed by atoms with van der Waals surface area (Å²) in [5, 5.41) is 14.0. The van der Waals surface area contributed by atoms with Gasteiger partial charge in [0.2, 0.25) is 6.79 Å². The molecule has 0 bridgehead atoms. The minimum absolute atomic E-state index is 0.0196. The summed E-state index contributed by atoms with van der Waals surface area (Å²) >= 11 is 0.